The zero-order valence-corrected chi connectivity index (χ0v) is 10.9. The van der Waals surface area contributed by atoms with Crippen molar-refractivity contribution in [1.82, 2.24) is 5.32 Å². The minimum atomic E-state index is 0.719. The Kier molecular flexibility index (Phi) is 7.43. The van der Waals surface area contributed by atoms with E-state index < -0.39 is 0 Å². The molecule has 3 nitrogen and oxygen atoms in total. The van der Waals surface area contributed by atoms with Crippen molar-refractivity contribution in [3.05, 3.63) is 29.8 Å². The van der Waals surface area contributed by atoms with Crippen LogP contribution in [-0.2, 0) is 11.2 Å². The molecule has 0 heterocycles. The fraction of sp³-hybridized carbons (Fsp3) is 0.571. The van der Waals surface area contributed by atoms with E-state index in [-0.39, 0.29) is 0 Å². The summed E-state index contributed by atoms with van der Waals surface area (Å²) in [6.07, 6.45) is 1.94. The van der Waals surface area contributed by atoms with Crippen LogP contribution in [0.5, 0.6) is 5.75 Å². The number of nitrogens with one attached hydrogen (secondary N) is 1. The van der Waals surface area contributed by atoms with E-state index in [9.17, 15) is 0 Å². The second-order valence-electron chi connectivity index (χ2n) is 3.88. The quantitative estimate of drug-likeness (QED) is 0.668. The molecular weight excluding hydrogens is 214 g/mol. The van der Waals surface area contributed by atoms with E-state index in [0.717, 1.165) is 45.0 Å². The third-order valence-electron chi connectivity index (χ3n) is 2.54. The molecule has 0 aliphatic heterocycles. The van der Waals surface area contributed by atoms with Gasteiger partial charge in [0.2, 0.25) is 0 Å². The summed E-state index contributed by atoms with van der Waals surface area (Å²) in [5.74, 6) is 1.00. The molecule has 0 bridgehead atoms. The van der Waals surface area contributed by atoms with Gasteiger partial charge >= 0.3 is 0 Å². The Morgan fingerprint density at radius 1 is 1.12 bits per heavy atom. The van der Waals surface area contributed by atoms with Crippen LogP contribution in [0.1, 0.15) is 18.9 Å². The summed E-state index contributed by atoms with van der Waals surface area (Å²) < 4.78 is 11.2. The van der Waals surface area contributed by atoms with Gasteiger partial charge in [-0.25, -0.2) is 0 Å². The summed E-state index contributed by atoms with van der Waals surface area (Å²) in [5.41, 5.74) is 1.27. The van der Waals surface area contributed by atoms with Gasteiger partial charge in [0, 0.05) is 19.6 Å². The van der Waals surface area contributed by atoms with Crippen LogP contribution in [-0.4, -0.2) is 33.4 Å². The lowest BCUT2D eigenvalue weighted by Crippen LogP contribution is -2.15. The van der Waals surface area contributed by atoms with Gasteiger partial charge in [-0.15, -0.1) is 0 Å². The van der Waals surface area contributed by atoms with Crippen molar-refractivity contribution in [2.75, 3.05) is 33.4 Å². The molecule has 0 saturated heterocycles. The molecule has 0 unspecified atom stereocenters. The van der Waals surface area contributed by atoms with Crippen molar-refractivity contribution in [1.29, 1.82) is 0 Å². The molecule has 1 aromatic carbocycles. The molecule has 0 amide bonds. The Morgan fingerprint density at radius 3 is 2.71 bits per heavy atom. The van der Waals surface area contributed by atoms with Crippen LogP contribution in [0, 0.1) is 0 Å². The predicted molar refractivity (Wildman–Crippen MR) is 70.7 cm³/mol. The molecule has 0 atom stereocenters. The van der Waals surface area contributed by atoms with E-state index in [4.69, 9.17) is 9.47 Å². The lowest BCUT2D eigenvalue weighted by Gasteiger charge is -2.10. The van der Waals surface area contributed by atoms with Crippen molar-refractivity contribution in [2.24, 2.45) is 0 Å². The second-order valence-corrected chi connectivity index (χ2v) is 3.88. The summed E-state index contributed by atoms with van der Waals surface area (Å²) >= 11 is 0. The van der Waals surface area contributed by atoms with Gasteiger partial charge in [-0.2, -0.15) is 0 Å². The Labute approximate surface area is 104 Å². The van der Waals surface area contributed by atoms with E-state index >= 15 is 0 Å². The van der Waals surface area contributed by atoms with Crippen LogP contribution in [0.25, 0.3) is 0 Å². The van der Waals surface area contributed by atoms with Gasteiger partial charge < -0.3 is 14.8 Å². The highest BCUT2D eigenvalue weighted by Gasteiger charge is 1.99. The first-order valence-corrected chi connectivity index (χ1v) is 6.31. The molecule has 0 spiro atoms. The zero-order chi connectivity index (χ0) is 12.3. The molecule has 0 fully saturated rings. The largest absolute Gasteiger partial charge is 0.493 e. The first-order valence-electron chi connectivity index (χ1n) is 6.31. The summed E-state index contributed by atoms with van der Waals surface area (Å²) in [7, 11) is 1.92. The van der Waals surface area contributed by atoms with Gasteiger partial charge in [0.05, 0.1) is 13.2 Å². The Balaban J connectivity index is 2.13. The zero-order valence-electron chi connectivity index (χ0n) is 10.9. The highest BCUT2D eigenvalue weighted by atomic mass is 16.5. The van der Waals surface area contributed by atoms with E-state index in [1.54, 1.807) is 0 Å². The number of likely N-dealkylation sites (N-methyl/N-ethyl adjacent to an activating group) is 1. The fourth-order valence-electron chi connectivity index (χ4n) is 1.56. The van der Waals surface area contributed by atoms with Gasteiger partial charge in [0.15, 0.2) is 0 Å². The molecule has 0 radical (unpaired) electrons. The van der Waals surface area contributed by atoms with Gasteiger partial charge in [-0.05, 0) is 25.1 Å². The average molecular weight is 237 g/mol. The van der Waals surface area contributed by atoms with Crippen LogP contribution in [0.3, 0.4) is 0 Å². The molecule has 1 aromatic rings. The molecule has 0 aromatic heterocycles. The van der Waals surface area contributed by atoms with Crippen LogP contribution in [0.2, 0.25) is 0 Å². The highest BCUT2D eigenvalue weighted by molar-refractivity contribution is 5.33. The third-order valence-corrected chi connectivity index (χ3v) is 2.54. The number of hydrogen-bond acceptors (Lipinski definition) is 3. The monoisotopic (exact) mass is 237 g/mol. The SMILES string of the molecule is CCc1ccccc1OCCCOCCNC. The lowest BCUT2D eigenvalue weighted by molar-refractivity contribution is 0.122. The van der Waals surface area contributed by atoms with Crippen LogP contribution in [0.4, 0.5) is 0 Å². The Hall–Kier alpha value is -1.06. The maximum atomic E-state index is 5.74. The molecule has 3 heteroatoms. The van der Waals surface area contributed by atoms with Gasteiger partial charge in [-0.3, -0.25) is 0 Å². The van der Waals surface area contributed by atoms with E-state index in [1.165, 1.54) is 5.56 Å². The van der Waals surface area contributed by atoms with Crippen LogP contribution in [0.15, 0.2) is 24.3 Å². The summed E-state index contributed by atoms with van der Waals surface area (Å²) in [6.45, 7) is 5.29. The fourth-order valence-corrected chi connectivity index (χ4v) is 1.56. The second kappa shape index (κ2) is 9.02. The lowest BCUT2D eigenvalue weighted by atomic mass is 10.1. The number of aryl methyl sites for hydroxylation is 1. The predicted octanol–water partition coefficient (Wildman–Crippen LogP) is 2.25. The van der Waals surface area contributed by atoms with Gasteiger partial charge in [-0.1, -0.05) is 25.1 Å². The Morgan fingerprint density at radius 2 is 1.94 bits per heavy atom. The molecule has 17 heavy (non-hydrogen) atoms. The third kappa shape index (κ3) is 5.71. The van der Waals surface area contributed by atoms with Gasteiger partial charge in [0.25, 0.3) is 0 Å². The number of benzene rings is 1. The average Bonchev–Trinajstić information content (AvgIpc) is 2.38. The molecule has 0 aliphatic rings. The van der Waals surface area contributed by atoms with Gasteiger partial charge in [0.1, 0.15) is 5.75 Å². The highest BCUT2D eigenvalue weighted by Crippen LogP contribution is 2.18. The number of rotatable bonds is 9. The molecule has 0 aliphatic carbocycles. The van der Waals surface area contributed by atoms with Crippen LogP contribution >= 0.6 is 0 Å². The Bertz CT molecular complexity index is 302. The molecule has 1 rings (SSSR count). The van der Waals surface area contributed by atoms with Crippen molar-refractivity contribution in [3.63, 3.8) is 0 Å². The normalized spacial score (nSPS) is 10.5. The van der Waals surface area contributed by atoms with Crippen LogP contribution < -0.4 is 10.1 Å². The molecule has 1 N–H and O–H groups in total. The van der Waals surface area contributed by atoms with Crippen molar-refractivity contribution >= 4 is 0 Å². The molecule has 0 saturated carbocycles. The number of hydrogen-bond donors (Lipinski definition) is 1. The number of para-hydroxylation sites is 1. The number of ether oxygens (including phenoxy) is 2. The first kappa shape index (κ1) is 14.0. The smallest absolute Gasteiger partial charge is 0.122 e. The maximum absolute atomic E-state index is 5.74. The van der Waals surface area contributed by atoms with E-state index in [1.807, 2.05) is 25.2 Å². The molecular formula is C14H23NO2. The maximum Gasteiger partial charge on any atom is 0.122 e. The summed E-state index contributed by atoms with van der Waals surface area (Å²) in [4.78, 5) is 0. The minimum Gasteiger partial charge on any atom is -0.493 e. The van der Waals surface area contributed by atoms with Crippen molar-refractivity contribution in [2.45, 2.75) is 19.8 Å². The minimum absolute atomic E-state index is 0.719. The van der Waals surface area contributed by atoms with E-state index in [2.05, 4.69) is 18.3 Å². The first-order chi connectivity index (χ1) is 8.38. The molecule has 96 valence electrons. The van der Waals surface area contributed by atoms with E-state index in [0.29, 0.717) is 0 Å². The van der Waals surface area contributed by atoms with Crippen molar-refractivity contribution < 1.29 is 9.47 Å². The van der Waals surface area contributed by atoms with Crippen molar-refractivity contribution in [3.8, 4) is 5.75 Å². The summed E-state index contributed by atoms with van der Waals surface area (Å²) in [5, 5.41) is 3.04. The topological polar surface area (TPSA) is 30.5 Å². The summed E-state index contributed by atoms with van der Waals surface area (Å²) in [6, 6.07) is 8.20. The standard InChI is InChI=1S/C14H23NO2/c1-3-13-7-4-5-8-14(13)17-11-6-10-16-12-9-15-2/h4-5,7-8,15H,3,6,9-12H2,1-2H3.